The van der Waals surface area contributed by atoms with Crippen LogP contribution in [0.4, 0.5) is 0 Å². The van der Waals surface area contributed by atoms with Crippen LogP contribution in [0.5, 0.6) is 0 Å². The number of rotatable bonds is 3. The molecule has 2 unspecified atom stereocenters. The summed E-state index contributed by atoms with van der Waals surface area (Å²) in [7, 11) is 0. The molecule has 0 N–H and O–H groups in total. The molecule has 23 heavy (non-hydrogen) atoms. The summed E-state index contributed by atoms with van der Waals surface area (Å²) >= 11 is 0. The van der Waals surface area contributed by atoms with Gasteiger partial charge in [-0.1, -0.05) is 30.3 Å². The summed E-state index contributed by atoms with van der Waals surface area (Å²) in [5.74, 6) is 0.353. The Morgan fingerprint density at radius 2 is 2.00 bits per heavy atom. The largest absolute Gasteiger partial charge is 0.459 e. The molecule has 120 valence electrons. The molecule has 5 nitrogen and oxygen atoms in total. The normalized spacial score (nSPS) is 24.6. The van der Waals surface area contributed by atoms with Gasteiger partial charge in [-0.25, -0.2) is 0 Å². The van der Waals surface area contributed by atoms with E-state index in [0.717, 1.165) is 19.7 Å². The van der Waals surface area contributed by atoms with Gasteiger partial charge in [0.1, 0.15) is 0 Å². The summed E-state index contributed by atoms with van der Waals surface area (Å²) in [5, 5.41) is 0. The molecule has 0 aliphatic carbocycles. The van der Waals surface area contributed by atoms with Gasteiger partial charge in [-0.2, -0.15) is 0 Å². The van der Waals surface area contributed by atoms with Crippen molar-refractivity contribution >= 4 is 5.91 Å². The van der Waals surface area contributed by atoms with Gasteiger partial charge in [-0.15, -0.1) is 0 Å². The number of carbonyl (C=O) groups excluding carboxylic acids is 1. The molecule has 0 saturated carbocycles. The second-order valence-electron chi connectivity index (χ2n) is 6.12. The van der Waals surface area contributed by atoms with E-state index in [1.54, 1.807) is 12.1 Å². The third-order valence-electron chi connectivity index (χ3n) is 4.66. The van der Waals surface area contributed by atoms with Gasteiger partial charge in [0.15, 0.2) is 5.76 Å². The molecule has 0 radical (unpaired) electrons. The number of morpholine rings is 1. The van der Waals surface area contributed by atoms with Gasteiger partial charge in [0.25, 0.3) is 5.91 Å². The Morgan fingerprint density at radius 1 is 1.13 bits per heavy atom. The molecule has 2 fully saturated rings. The van der Waals surface area contributed by atoms with Crippen molar-refractivity contribution in [1.82, 2.24) is 9.80 Å². The van der Waals surface area contributed by atoms with Gasteiger partial charge in [0, 0.05) is 26.2 Å². The van der Waals surface area contributed by atoms with Crippen molar-refractivity contribution in [3.63, 3.8) is 0 Å². The monoisotopic (exact) mass is 312 g/mol. The lowest BCUT2D eigenvalue weighted by atomic mass is 10.1. The van der Waals surface area contributed by atoms with E-state index in [1.165, 1.54) is 11.8 Å². The molecule has 2 atom stereocenters. The first-order valence-electron chi connectivity index (χ1n) is 8.03. The number of benzene rings is 1. The number of furan rings is 1. The van der Waals surface area contributed by atoms with Crippen LogP contribution in [0, 0.1) is 0 Å². The van der Waals surface area contributed by atoms with E-state index >= 15 is 0 Å². The van der Waals surface area contributed by atoms with Crippen molar-refractivity contribution in [1.29, 1.82) is 0 Å². The quantitative estimate of drug-likeness (QED) is 0.870. The highest BCUT2D eigenvalue weighted by Gasteiger charge is 2.42. The van der Waals surface area contributed by atoms with Crippen LogP contribution in [0.3, 0.4) is 0 Å². The first kappa shape index (κ1) is 14.5. The number of hydrogen-bond acceptors (Lipinski definition) is 4. The predicted molar refractivity (Wildman–Crippen MR) is 85.0 cm³/mol. The third kappa shape index (κ3) is 2.90. The second-order valence-corrected chi connectivity index (χ2v) is 6.12. The zero-order valence-electron chi connectivity index (χ0n) is 12.9. The van der Waals surface area contributed by atoms with Crippen LogP contribution in [0.25, 0.3) is 0 Å². The zero-order chi connectivity index (χ0) is 15.6. The van der Waals surface area contributed by atoms with E-state index < -0.39 is 0 Å². The number of carbonyl (C=O) groups is 1. The van der Waals surface area contributed by atoms with Crippen LogP contribution in [0.1, 0.15) is 16.1 Å². The Bertz CT molecular complexity index is 656. The molecule has 4 rings (SSSR count). The highest BCUT2D eigenvalue weighted by atomic mass is 16.5. The molecule has 1 aromatic heterocycles. The highest BCUT2D eigenvalue weighted by molar-refractivity contribution is 5.91. The predicted octanol–water partition coefficient (Wildman–Crippen LogP) is 2.00. The van der Waals surface area contributed by atoms with Crippen molar-refractivity contribution in [3.8, 4) is 0 Å². The summed E-state index contributed by atoms with van der Waals surface area (Å²) < 4.78 is 11.1. The maximum absolute atomic E-state index is 12.5. The van der Waals surface area contributed by atoms with Crippen molar-refractivity contribution in [2.75, 3.05) is 26.2 Å². The fourth-order valence-electron chi connectivity index (χ4n) is 3.49. The van der Waals surface area contributed by atoms with E-state index in [9.17, 15) is 4.79 Å². The zero-order valence-corrected chi connectivity index (χ0v) is 12.9. The number of fused-ring (bicyclic) bond motifs is 1. The Balaban J connectivity index is 1.47. The summed E-state index contributed by atoms with van der Waals surface area (Å²) in [4.78, 5) is 16.7. The van der Waals surface area contributed by atoms with E-state index in [2.05, 4.69) is 29.2 Å². The minimum atomic E-state index is -0.0485. The molecule has 2 saturated heterocycles. The van der Waals surface area contributed by atoms with E-state index in [4.69, 9.17) is 9.15 Å². The second kappa shape index (κ2) is 6.18. The highest BCUT2D eigenvalue weighted by Crippen LogP contribution is 2.25. The average Bonchev–Trinajstić information content (AvgIpc) is 3.25. The van der Waals surface area contributed by atoms with Crippen LogP contribution < -0.4 is 0 Å². The average molecular weight is 312 g/mol. The molecule has 1 aromatic carbocycles. The number of nitrogens with zero attached hydrogens (tertiary/aromatic N) is 2. The number of likely N-dealkylation sites (tertiary alicyclic amines) is 1. The lowest BCUT2D eigenvalue weighted by Crippen LogP contribution is -2.50. The van der Waals surface area contributed by atoms with Gasteiger partial charge < -0.3 is 14.1 Å². The fraction of sp³-hybridized carbons (Fsp3) is 0.389. The SMILES string of the molecule is O=C(c1ccco1)N1CC2OCCN(Cc3ccccc3)C2C1. The van der Waals surface area contributed by atoms with Gasteiger partial charge in [-0.05, 0) is 17.7 Å². The lowest BCUT2D eigenvalue weighted by Gasteiger charge is -2.36. The Morgan fingerprint density at radius 3 is 2.78 bits per heavy atom. The molecule has 0 bridgehead atoms. The van der Waals surface area contributed by atoms with Crippen LogP contribution in [-0.4, -0.2) is 54.1 Å². The molecule has 5 heteroatoms. The van der Waals surface area contributed by atoms with Crippen LogP contribution >= 0.6 is 0 Å². The summed E-state index contributed by atoms with van der Waals surface area (Å²) in [6.07, 6.45) is 1.63. The Hall–Kier alpha value is -2.11. The van der Waals surface area contributed by atoms with Crippen LogP contribution in [0.2, 0.25) is 0 Å². The fourth-order valence-corrected chi connectivity index (χ4v) is 3.49. The number of ether oxygens (including phenoxy) is 1. The lowest BCUT2D eigenvalue weighted by molar-refractivity contribution is -0.0503. The summed E-state index contributed by atoms with van der Waals surface area (Å²) in [6.45, 7) is 3.84. The first-order valence-corrected chi connectivity index (χ1v) is 8.03. The molecule has 2 aliphatic heterocycles. The van der Waals surface area contributed by atoms with Gasteiger partial charge >= 0.3 is 0 Å². The molecule has 2 aliphatic rings. The van der Waals surface area contributed by atoms with Crippen LogP contribution in [0.15, 0.2) is 53.1 Å². The Labute approximate surface area is 135 Å². The van der Waals surface area contributed by atoms with E-state index in [-0.39, 0.29) is 18.1 Å². The summed E-state index contributed by atoms with van der Waals surface area (Å²) in [6, 6.07) is 14.2. The minimum Gasteiger partial charge on any atom is -0.459 e. The molecule has 0 spiro atoms. The maximum Gasteiger partial charge on any atom is 0.289 e. The van der Waals surface area contributed by atoms with Crippen molar-refractivity contribution in [2.24, 2.45) is 0 Å². The van der Waals surface area contributed by atoms with E-state index in [1.807, 2.05) is 11.0 Å². The first-order chi connectivity index (χ1) is 11.3. The smallest absolute Gasteiger partial charge is 0.289 e. The molecular formula is C18H20N2O3. The molecule has 3 heterocycles. The van der Waals surface area contributed by atoms with Crippen molar-refractivity contribution in [3.05, 3.63) is 60.1 Å². The molecule has 1 amide bonds. The number of hydrogen-bond donors (Lipinski definition) is 0. The minimum absolute atomic E-state index is 0.0485. The van der Waals surface area contributed by atoms with Crippen molar-refractivity contribution < 1.29 is 13.9 Å². The molecular weight excluding hydrogens is 292 g/mol. The van der Waals surface area contributed by atoms with Crippen molar-refractivity contribution in [2.45, 2.75) is 18.7 Å². The van der Waals surface area contributed by atoms with E-state index in [0.29, 0.717) is 18.8 Å². The third-order valence-corrected chi connectivity index (χ3v) is 4.66. The number of amides is 1. The Kier molecular flexibility index (Phi) is 3.89. The summed E-state index contributed by atoms with van der Waals surface area (Å²) in [5.41, 5.74) is 1.30. The van der Waals surface area contributed by atoms with Gasteiger partial charge in [0.05, 0.1) is 25.0 Å². The topological polar surface area (TPSA) is 45.9 Å². The van der Waals surface area contributed by atoms with Gasteiger partial charge in [-0.3, -0.25) is 9.69 Å². The molecule has 2 aromatic rings. The van der Waals surface area contributed by atoms with Crippen LogP contribution in [-0.2, 0) is 11.3 Å². The standard InChI is InChI=1S/C18H20N2O3/c21-18(16-7-4-9-22-16)20-12-15-17(13-20)23-10-8-19(15)11-14-5-2-1-3-6-14/h1-7,9,15,17H,8,10-13H2. The van der Waals surface area contributed by atoms with Gasteiger partial charge in [0.2, 0.25) is 0 Å². The maximum atomic E-state index is 12.5.